The van der Waals surface area contributed by atoms with Crippen LogP contribution in [0.3, 0.4) is 0 Å². The van der Waals surface area contributed by atoms with Crippen molar-refractivity contribution < 1.29 is 32.2 Å². The van der Waals surface area contributed by atoms with Crippen LogP contribution >= 0.6 is 11.6 Å². The molecule has 11 heteroatoms. The van der Waals surface area contributed by atoms with E-state index in [1.807, 2.05) is 0 Å². The molecular formula is C26H19ClF3N3O4. The molecule has 0 aliphatic rings. The number of halogens is 4. The smallest absolute Gasteiger partial charge is 0.416 e. The number of methoxy groups -OCH3 is 1. The predicted molar refractivity (Wildman–Crippen MR) is 132 cm³/mol. The summed E-state index contributed by atoms with van der Waals surface area (Å²) in [4.78, 5) is 24.7. The quantitative estimate of drug-likeness (QED) is 0.278. The van der Waals surface area contributed by atoms with Gasteiger partial charge >= 0.3 is 6.18 Å². The summed E-state index contributed by atoms with van der Waals surface area (Å²) in [6, 6.07) is 17.0. The summed E-state index contributed by atoms with van der Waals surface area (Å²) in [5, 5.41) is 14.4. The van der Waals surface area contributed by atoms with Gasteiger partial charge in [0.2, 0.25) is 0 Å². The second-order valence-corrected chi connectivity index (χ2v) is 7.84. The first-order valence-electron chi connectivity index (χ1n) is 10.6. The van der Waals surface area contributed by atoms with Gasteiger partial charge in [-0.15, -0.1) is 0 Å². The molecule has 0 fully saturated rings. The number of carbonyl (C=O) groups excluding carboxylic acids is 2. The van der Waals surface area contributed by atoms with Crippen molar-refractivity contribution >= 4 is 40.9 Å². The van der Waals surface area contributed by atoms with Crippen LogP contribution in [0, 0.1) is 11.3 Å². The van der Waals surface area contributed by atoms with Gasteiger partial charge in [-0.1, -0.05) is 35.9 Å². The Morgan fingerprint density at radius 2 is 1.78 bits per heavy atom. The van der Waals surface area contributed by atoms with E-state index < -0.39 is 23.6 Å². The monoisotopic (exact) mass is 529 g/mol. The minimum atomic E-state index is -4.58. The molecule has 0 spiro atoms. The molecular weight excluding hydrogens is 511 g/mol. The third kappa shape index (κ3) is 7.49. The number of anilines is 2. The highest BCUT2D eigenvalue weighted by Gasteiger charge is 2.30. The highest BCUT2D eigenvalue weighted by molar-refractivity contribution is 6.32. The Balaban J connectivity index is 1.66. The molecule has 3 aromatic rings. The lowest BCUT2D eigenvalue weighted by molar-refractivity contribution is -0.137. The second kappa shape index (κ2) is 12.0. The highest BCUT2D eigenvalue weighted by atomic mass is 35.5. The normalized spacial score (nSPS) is 11.3. The van der Waals surface area contributed by atoms with E-state index >= 15 is 0 Å². The average Bonchev–Trinajstić information content (AvgIpc) is 2.86. The van der Waals surface area contributed by atoms with Gasteiger partial charge < -0.3 is 20.1 Å². The molecule has 2 N–H and O–H groups in total. The van der Waals surface area contributed by atoms with Crippen LogP contribution in [-0.4, -0.2) is 25.5 Å². The zero-order valence-electron chi connectivity index (χ0n) is 19.2. The van der Waals surface area contributed by atoms with E-state index in [-0.39, 0.29) is 28.6 Å². The number of nitrogens with one attached hydrogen (secondary N) is 2. The molecule has 0 radical (unpaired) electrons. The van der Waals surface area contributed by atoms with Gasteiger partial charge in [0.25, 0.3) is 11.8 Å². The maximum atomic E-state index is 12.9. The van der Waals surface area contributed by atoms with Crippen molar-refractivity contribution in [3.8, 4) is 17.6 Å². The largest absolute Gasteiger partial charge is 0.495 e. The van der Waals surface area contributed by atoms with Crippen LogP contribution in [0.4, 0.5) is 24.5 Å². The molecule has 0 atom stereocenters. The summed E-state index contributed by atoms with van der Waals surface area (Å²) in [6.07, 6.45) is -3.36. The van der Waals surface area contributed by atoms with E-state index in [4.69, 9.17) is 21.1 Å². The zero-order chi connectivity index (χ0) is 27.0. The van der Waals surface area contributed by atoms with Crippen LogP contribution in [0.15, 0.2) is 72.3 Å². The molecule has 37 heavy (non-hydrogen) atoms. The summed E-state index contributed by atoms with van der Waals surface area (Å²) in [6.45, 7) is -0.351. The minimum Gasteiger partial charge on any atom is -0.495 e. The van der Waals surface area contributed by atoms with Gasteiger partial charge in [0.05, 0.1) is 23.4 Å². The molecule has 0 bridgehead atoms. The topological polar surface area (TPSA) is 100 Å². The number of nitriles is 1. The first-order chi connectivity index (χ1) is 17.6. The zero-order valence-corrected chi connectivity index (χ0v) is 20.0. The van der Waals surface area contributed by atoms with Gasteiger partial charge in [-0.05, 0) is 54.1 Å². The van der Waals surface area contributed by atoms with Crippen molar-refractivity contribution in [3.63, 3.8) is 0 Å². The van der Waals surface area contributed by atoms with Crippen molar-refractivity contribution in [2.75, 3.05) is 24.4 Å². The number of rotatable bonds is 8. The van der Waals surface area contributed by atoms with E-state index in [1.54, 1.807) is 30.3 Å². The predicted octanol–water partition coefficient (Wildman–Crippen LogP) is 5.93. The van der Waals surface area contributed by atoms with Crippen molar-refractivity contribution in [2.24, 2.45) is 0 Å². The lowest BCUT2D eigenvalue weighted by Crippen LogP contribution is -2.20. The number of carbonyl (C=O) groups is 2. The maximum absolute atomic E-state index is 12.9. The fraction of sp³-hybridized carbons (Fsp3) is 0.115. The molecule has 7 nitrogen and oxygen atoms in total. The molecule has 0 aliphatic carbocycles. The van der Waals surface area contributed by atoms with E-state index in [9.17, 15) is 28.0 Å². The first kappa shape index (κ1) is 27.1. The number of ether oxygens (including phenoxy) is 2. The molecule has 190 valence electrons. The van der Waals surface area contributed by atoms with Crippen LogP contribution in [0.25, 0.3) is 6.08 Å². The van der Waals surface area contributed by atoms with Crippen LogP contribution in [0.2, 0.25) is 5.02 Å². The summed E-state index contributed by atoms with van der Waals surface area (Å²) in [5.41, 5.74) is -0.594. The molecule has 3 aromatic carbocycles. The number of hydrogen-bond donors (Lipinski definition) is 2. The Morgan fingerprint density at radius 3 is 2.46 bits per heavy atom. The van der Waals surface area contributed by atoms with Crippen LogP contribution in [0.5, 0.6) is 11.5 Å². The number of hydrogen-bond acceptors (Lipinski definition) is 5. The SMILES string of the molecule is COc1ccccc1NC(=O)COc1ccc(/C=C(\C#N)C(=O)Nc2cccc(C(F)(F)F)c2)cc1Cl. The fourth-order valence-electron chi connectivity index (χ4n) is 3.09. The number of benzene rings is 3. The molecule has 0 saturated carbocycles. The average molecular weight is 530 g/mol. The van der Waals surface area contributed by atoms with Gasteiger partial charge in [-0.2, -0.15) is 18.4 Å². The third-order valence-electron chi connectivity index (χ3n) is 4.82. The van der Waals surface area contributed by atoms with Crippen molar-refractivity contribution in [3.05, 3.63) is 88.5 Å². The third-order valence-corrected chi connectivity index (χ3v) is 5.11. The Labute approximate surface area is 215 Å². The molecule has 0 unspecified atom stereocenters. The highest BCUT2D eigenvalue weighted by Crippen LogP contribution is 2.31. The van der Waals surface area contributed by atoms with Gasteiger partial charge in [-0.25, -0.2) is 0 Å². The van der Waals surface area contributed by atoms with E-state index in [2.05, 4.69) is 10.6 Å². The lowest BCUT2D eigenvalue weighted by Gasteiger charge is -2.11. The summed E-state index contributed by atoms with van der Waals surface area (Å²) < 4.78 is 49.3. The van der Waals surface area contributed by atoms with Gasteiger partial charge in [0.1, 0.15) is 23.1 Å². The standard InChI is InChI=1S/C26H19ClF3N3O4/c1-36-23-8-3-2-7-21(23)33-24(34)15-37-22-10-9-16(12-20(22)27)11-17(14-31)25(35)32-19-6-4-5-18(13-19)26(28,29)30/h2-13H,15H2,1H3,(H,32,35)(H,33,34)/b17-11+. The van der Waals surface area contributed by atoms with Gasteiger partial charge in [0, 0.05) is 5.69 Å². The lowest BCUT2D eigenvalue weighted by atomic mass is 10.1. The first-order valence-corrected chi connectivity index (χ1v) is 10.9. The molecule has 0 aromatic heterocycles. The van der Waals surface area contributed by atoms with E-state index in [1.165, 1.54) is 37.5 Å². The van der Waals surface area contributed by atoms with E-state index in [0.717, 1.165) is 18.2 Å². The fourth-order valence-corrected chi connectivity index (χ4v) is 3.33. The Bertz CT molecular complexity index is 1380. The van der Waals surface area contributed by atoms with Gasteiger partial charge in [0.15, 0.2) is 6.61 Å². The minimum absolute atomic E-state index is 0.106. The van der Waals surface area contributed by atoms with Gasteiger partial charge in [-0.3, -0.25) is 9.59 Å². The van der Waals surface area contributed by atoms with Crippen molar-refractivity contribution in [1.29, 1.82) is 5.26 Å². The number of para-hydroxylation sites is 2. The maximum Gasteiger partial charge on any atom is 0.416 e. The van der Waals surface area contributed by atoms with Crippen LogP contribution in [-0.2, 0) is 15.8 Å². The number of nitrogens with zero attached hydrogens (tertiary/aromatic N) is 1. The molecule has 0 heterocycles. The molecule has 3 rings (SSSR count). The van der Waals surface area contributed by atoms with Crippen molar-refractivity contribution in [1.82, 2.24) is 0 Å². The van der Waals surface area contributed by atoms with Crippen LogP contribution in [0.1, 0.15) is 11.1 Å². The molecule has 0 saturated heterocycles. The Morgan fingerprint density at radius 1 is 1.03 bits per heavy atom. The summed E-state index contributed by atoms with van der Waals surface area (Å²) >= 11 is 6.22. The van der Waals surface area contributed by atoms with Crippen molar-refractivity contribution in [2.45, 2.75) is 6.18 Å². The Kier molecular flexibility index (Phi) is 8.77. The molecule has 2 amide bonds. The number of alkyl halides is 3. The number of amides is 2. The second-order valence-electron chi connectivity index (χ2n) is 7.43. The summed E-state index contributed by atoms with van der Waals surface area (Å²) in [5.74, 6) is -0.690. The summed E-state index contributed by atoms with van der Waals surface area (Å²) in [7, 11) is 1.48. The van der Waals surface area contributed by atoms with E-state index in [0.29, 0.717) is 17.0 Å². The molecule has 0 aliphatic heterocycles. The Hall–Kier alpha value is -4.49. The van der Waals surface area contributed by atoms with Crippen LogP contribution < -0.4 is 20.1 Å².